The fourth-order valence-corrected chi connectivity index (χ4v) is 2.04. The van der Waals surface area contributed by atoms with Crippen molar-refractivity contribution in [2.24, 2.45) is 5.92 Å². The van der Waals surface area contributed by atoms with Crippen LogP contribution in [0.1, 0.15) is 27.7 Å². The maximum absolute atomic E-state index is 5.46. The Morgan fingerprint density at radius 1 is 1.53 bits per heavy atom. The topological polar surface area (TPSA) is 24.5 Å². The van der Waals surface area contributed by atoms with Crippen LogP contribution in [0.25, 0.3) is 0 Å². The third kappa shape index (κ3) is 3.61. The standard InChI is InChI=1S/C11H22N2OS/c1-9(2)7-12-10(15)13-5-6-14-8-11(13,3)4/h9H,5-8H2,1-4H3,(H,12,15). The van der Waals surface area contributed by atoms with E-state index in [1.54, 1.807) is 0 Å². The molecule has 0 bridgehead atoms. The smallest absolute Gasteiger partial charge is 0.169 e. The summed E-state index contributed by atoms with van der Waals surface area (Å²) in [7, 11) is 0. The maximum Gasteiger partial charge on any atom is 0.169 e. The minimum Gasteiger partial charge on any atom is -0.377 e. The molecule has 1 aliphatic rings. The molecule has 0 aromatic carbocycles. The molecule has 0 aromatic rings. The minimum absolute atomic E-state index is 0.0132. The molecular weight excluding hydrogens is 208 g/mol. The van der Waals surface area contributed by atoms with Gasteiger partial charge < -0.3 is 15.0 Å². The average molecular weight is 230 g/mol. The summed E-state index contributed by atoms with van der Waals surface area (Å²) in [5, 5.41) is 4.17. The molecule has 0 aliphatic carbocycles. The quantitative estimate of drug-likeness (QED) is 0.729. The summed E-state index contributed by atoms with van der Waals surface area (Å²) < 4.78 is 5.46. The molecule has 0 spiro atoms. The van der Waals surface area contributed by atoms with Crippen molar-refractivity contribution in [2.45, 2.75) is 33.2 Å². The van der Waals surface area contributed by atoms with E-state index in [0.717, 1.165) is 31.4 Å². The van der Waals surface area contributed by atoms with Crippen LogP contribution in [0.15, 0.2) is 0 Å². The molecule has 15 heavy (non-hydrogen) atoms. The number of nitrogens with one attached hydrogen (secondary N) is 1. The van der Waals surface area contributed by atoms with Gasteiger partial charge in [-0.2, -0.15) is 0 Å². The van der Waals surface area contributed by atoms with E-state index in [2.05, 4.69) is 37.9 Å². The molecule has 0 unspecified atom stereocenters. The van der Waals surface area contributed by atoms with Crippen LogP contribution < -0.4 is 5.32 Å². The molecule has 0 saturated carbocycles. The average Bonchev–Trinajstić information content (AvgIpc) is 2.13. The van der Waals surface area contributed by atoms with Crippen molar-refractivity contribution in [3.63, 3.8) is 0 Å². The SMILES string of the molecule is CC(C)CNC(=S)N1CCOCC1(C)C. The van der Waals surface area contributed by atoms with Gasteiger partial charge in [0.2, 0.25) is 0 Å². The van der Waals surface area contributed by atoms with E-state index in [9.17, 15) is 0 Å². The van der Waals surface area contributed by atoms with Crippen molar-refractivity contribution in [3.05, 3.63) is 0 Å². The highest BCUT2D eigenvalue weighted by Gasteiger charge is 2.31. The molecule has 0 atom stereocenters. The molecule has 1 saturated heterocycles. The first-order valence-electron chi connectivity index (χ1n) is 5.56. The zero-order valence-electron chi connectivity index (χ0n) is 10.2. The van der Waals surface area contributed by atoms with E-state index >= 15 is 0 Å². The van der Waals surface area contributed by atoms with Crippen LogP contribution in [-0.4, -0.2) is 41.9 Å². The van der Waals surface area contributed by atoms with Gasteiger partial charge >= 0.3 is 0 Å². The molecule has 1 N–H and O–H groups in total. The zero-order valence-corrected chi connectivity index (χ0v) is 11.0. The van der Waals surface area contributed by atoms with E-state index in [1.165, 1.54) is 0 Å². The van der Waals surface area contributed by atoms with E-state index in [4.69, 9.17) is 17.0 Å². The molecule has 1 heterocycles. The summed E-state index contributed by atoms with van der Waals surface area (Å²) in [5.74, 6) is 0.618. The first-order valence-corrected chi connectivity index (χ1v) is 5.97. The second-order valence-corrected chi connectivity index (χ2v) is 5.48. The molecule has 1 aliphatic heterocycles. The first kappa shape index (κ1) is 12.7. The number of rotatable bonds is 2. The van der Waals surface area contributed by atoms with Crippen molar-refractivity contribution < 1.29 is 4.74 Å². The molecule has 88 valence electrons. The van der Waals surface area contributed by atoms with Gasteiger partial charge in [-0.1, -0.05) is 13.8 Å². The lowest BCUT2D eigenvalue weighted by Crippen LogP contribution is -2.58. The largest absolute Gasteiger partial charge is 0.377 e. The second-order valence-electron chi connectivity index (χ2n) is 5.10. The van der Waals surface area contributed by atoms with Crippen LogP contribution in [0.3, 0.4) is 0 Å². The van der Waals surface area contributed by atoms with Gasteiger partial charge in [0.15, 0.2) is 5.11 Å². The Balaban J connectivity index is 2.49. The maximum atomic E-state index is 5.46. The van der Waals surface area contributed by atoms with Crippen LogP contribution in [0, 0.1) is 5.92 Å². The third-order valence-electron chi connectivity index (χ3n) is 2.55. The highest BCUT2D eigenvalue weighted by atomic mass is 32.1. The van der Waals surface area contributed by atoms with Crippen molar-refractivity contribution in [3.8, 4) is 0 Å². The Kier molecular flexibility index (Phi) is 4.34. The number of hydrogen-bond donors (Lipinski definition) is 1. The van der Waals surface area contributed by atoms with Gasteiger partial charge in [-0.3, -0.25) is 0 Å². The van der Waals surface area contributed by atoms with Gasteiger partial charge in [-0.15, -0.1) is 0 Å². The van der Waals surface area contributed by atoms with Gasteiger partial charge in [0.05, 0.1) is 18.8 Å². The normalized spacial score (nSPS) is 20.5. The summed E-state index contributed by atoms with van der Waals surface area (Å²) in [5.41, 5.74) is 0.0132. The van der Waals surface area contributed by atoms with Gasteiger partial charge in [-0.05, 0) is 32.0 Å². The van der Waals surface area contributed by atoms with E-state index in [1.807, 2.05) is 0 Å². The summed E-state index contributed by atoms with van der Waals surface area (Å²) in [4.78, 5) is 2.23. The van der Waals surface area contributed by atoms with Crippen molar-refractivity contribution in [1.82, 2.24) is 10.2 Å². The highest BCUT2D eigenvalue weighted by molar-refractivity contribution is 7.80. The van der Waals surface area contributed by atoms with Gasteiger partial charge in [0.1, 0.15) is 0 Å². The Bertz CT molecular complexity index is 229. The van der Waals surface area contributed by atoms with Gasteiger partial charge in [0.25, 0.3) is 0 Å². The summed E-state index contributed by atoms with van der Waals surface area (Å²) in [6.07, 6.45) is 0. The van der Waals surface area contributed by atoms with Crippen molar-refractivity contribution in [1.29, 1.82) is 0 Å². The molecule has 0 radical (unpaired) electrons. The Morgan fingerprint density at radius 3 is 2.73 bits per heavy atom. The predicted molar refractivity (Wildman–Crippen MR) is 67.0 cm³/mol. The van der Waals surface area contributed by atoms with E-state index < -0.39 is 0 Å². The number of hydrogen-bond acceptors (Lipinski definition) is 2. The molecule has 1 fully saturated rings. The molecule has 1 rings (SSSR count). The van der Waals surface area contributed by atoms with Crippen LogP contribution >= 0.6 is 12.2 Å². The fraction of sp³-hybridized carbons (Fsp3) is 0.909. The van der Waals surface area contributed by atoms with E-state index in [-0.39, 0.29) is 5.54 Å². The molecule has 4 heteroatoms. The van der Waals surface area contributed by atoms with Crippen molar-refractivity contribution >= 4 is 17.3 Å². The number of thiocarbonyl (C=S) groups is 1. The predicted octanol–water partition coefficient (Wildman–Crippen LogP) is 1.63. The Hall–Kier alpha value is -0.350. The lowest BCUT2D eigenvalue weighted by molar-refractivity contribution is -0.0153. The second kappa shape index (κ2) is 5.12. The summed E-state index contributed by atoms with van der Waals surface area (Å²) in [6, 6.07) is 0. The highest BCUT2D eigenvalue weighted by Crippen LogP contribution is 2.18. The zero-order chi connectivity index (χ0) is 11.5. The van der Waals surface area contributed by atoms with E-state index in [0.29, 0.717) is 5.92 Å². The molecule has 0 amide bonds. The van der Waals surface area contributed by atoms with Gasteiger partial charge in [-0.25, -0.2) is 0 Å². The molecule has 3 nitrogen and oxygen atoms in total. The Labute approximate surface area is 98.2 Å². The first-order chi connectivity index (χ1) is 6.93. The fourth-order valence-electron chi connectivity index (χ4n) is 1.62. The number of nitrogens with zero attached hydrogens (tertiary/aromatic N) is 1. The lowest BCUT2D eigenvalue weighted by Gasteiger charge is -2.43. The van der Waals surface area contributed by atoms with Crippen LogP contribution in [0.5, 0.6) is 0 Å². The van der Waals surface area contributed by atoms with Crippen LogP contribution in [0.2, 0.25) is 0 Å². The monoisotopic (exact) mass is 230 g/mol. The van der Waals surface area contributed by atoms with Crippen molar-refractivity contribution in [2.75, 3.05) is 26.3 Å². The van der Waals surface area contributed by atoms with Crippen LogP contribution in [0.4, 0.5) is 0 Å². The summed E-state index contributed by atoms with van der Waals surface area (Å²) >= 11 is 5.40. The number of ether oxygens (including phenoxy) is 1. The molecule has 0 aromatic heterocycles. The van der Waals surface area contributed by atoms with Gasteiger partial charge in [0, 0.05) is 13.1 Å². The summed E-state index contributed by atoms with van der Waals surface area (Å²) in [6.45, 7) is 12.0. The Morgan fingerprint density at radius 2 is 2.20 bits per heavy atom. The molecular formula is C11H22N2OS. The third-order valence-corrected chi connectivity index (χ3v) is 2.92. The lowest BCUT2D eigenvalue weighted by atomic mass is 10.0. The minimum atomic E-state index is 0.0132. The van der Waals surface area contributed by atoms with Crippen LogP contribution in [-0.2, 0) is 4.74 Å². The number of morpholine rings is 1.